The van der Waals surface area contributed by atoms with Gasteiger partial charge in [0.05, 0.1) is 4.83 Å². The number of carbonyl (C=O) groups excluding carboxylic acids is 1. The molecule has 1 rings (SSSR count). The average molecular weight is 310 g/mol. The molecule has 1 aromatic rings. The zero-order valence-corrected chi connectivity index (χ0v) is 11.4. The molecular weight excluding hydrogens is 299 g/mol. The Morgan fingerprint density at radius 1 is 1.47 bits per heavy atom. The second kappa shape index (κ2) is 5.88. The summed E-state index contributed by atoms with van der Waals surface area (Å²) < 4.78 is 0. The van der Waals surface area contributed by atoms with Crippen molar-refractivity contribution in [3.63, 3.8) is 0 Å². The van der Waals surface area contributed by atoms with Gasteiger partial charge in [0.25, 0.3) is 0 Å². The highest BCUT2D eigenvalue weighted by Crippen LogP contribution is 2.24. The first-order valence-electron chi connectivity index (χ1n) is 4.65. The third-order valence-corrected chi connectivity index (χ3v) is 3.53. The van der Waals surface area contributed by atoms with Crippen LogP contribution in [-0.4, -0.2) is 10.6 Å². The quantitative estimate of drug-likeness (QED) is 0.759. The van der Waals surface area contributed by atoms with Crippen LogP contribution in [0.1, 0.15) is 18.9 Å². The summed E-state index contributed by atoms with van der Waals surface area (Å²) in [5.41, 5.74) is 0.935. The summed E-state index contributed by atoms with van der Waals surface area (Å²) in [6.07, 6.45) is 1.13. The Kier molecular flexibility index (Phi) is 5.10. The molecule has 0 radical (unpaired) electrons. The molecule has 82 valence electrons. The van der Waals surface area contributed by atoms with E-state index in [1.54, 1.807) is 12.1 Å². The Balaban J connectivity index is 2.76. The summed E-state index contributed by atoms with van der Waals surface area (Å²) in [5, 5.41) is 1.22. The van der Waals surface area contributed by atoms with Crippen molar-refractivity contribution in [2.24, 2.45) is 0 Å². The van der Waals surface area contributed by atoms with Crippen LogP contribution in [0, 0.1) is 0 Å². The van der Waals surface area contributed by atoms with Gasteiger partial charge in [-0.25, -0.2) is 0 Å². The number of halogens is 3. The minimum Gasteiger partial charge on any atom is -0.298 e. The first kappa shape index (κ1) is 13.0. The summed E-state index contributed by atoms with van der Waals surface area (Å²) >= 11 is 15.1. The number of rotatable bonds is 4. The van der Waals surface area contributed by atoms with Crippen molar-refractivity contribution >= 4 is 44.9 Å². The smallest absolute Gasteiger partial charge is 0.146 e. The molecule has 0 amide bonds. The highest BCUT2D eigenvalue weighted by molar-refractivity contribution is 9.10. The van der Waals surface area contributed by atoms with Crippen LogP contribution in [-0.2, 0) is 11.2 Å². The second-order valence-corrected chi connectivity index (χ2v) is 5.18. The maximum absolute atomic E-state index is 11.4. The van der Waals surface area contributed by atoms with Gasteiger partial charge in [-0.1, -0.05) is 52.1 Å². The lowest BCUT2D eigenvalue weighted by atomic mass is 10.1. The van der Waals surface area contributed by atoms with Crippen molar-refractivity contribution in [3.05, 3.63) is 33.8 Å². The van der Waals surface area contributed by atoms with Gasteiger partial charge in [-0.3, -0.25) is 4.79 Å². The summed E-state index contributed by atoms with van der Waals surface area (Å²) in [6.45, 7) is 1.85. The third-order valence-electron chi connectivity index (χ3n) is 2.11. The SMILES string of the molecule is CCC(=O)C(Br)Cc1ccc(Cl)cc1Cl. The van der Waals surface area contributed by atoms with E-state index in [1.165, 1.54) is 0 Å². The Morgan fingerprint density at radius 3 is 2.67 bits per heavy atom. The van der Waals surface area contributed by atoms with Crippen LogP contribution in [0.25, 0.3) is 0 Å². The molecule has 0 aromatic heterocycles. The summed E-state index contributed by atoms with van der Waals surface area (Å²) in [7, 11) is 0. The van der Waals surface area contributed by atoms with Crippen LogP contribution in [0.2, 0.25) is 10.0 Å². The van der Waals surface area contributed by atoms with Crippen LogP contribution >= 0.6 is 39.1 Å². The van der Waals surface area contributed by atoms with Gasteiger partial charge in [0, 0.05) is 16.5 Å². The van der Waals surface area contributed by atoms with Crippen molar-refractivity contribution in [1.82, 2.24) is 0 Å². The molecule has 0 fully saturated rings. The molecule has 0 aliphatic rings. The molecule has 0 spiro atoms. The normalized spacial score (nSPS) is 12.5. The van der Waals surface area contributed by atoms with Gasteiger partial charge in [-0.2, -0.15) is 0 Å². The average Bonchev–Trinajstić information content (AvgIpc) is 2.20. The first-order chi connectivity index (χ1) is 7.04. The lowest BCUT2D eigenvalue weighted by molar-refractivity contribution is -0.118. The van der Waals surface area contributed by atoms with E-state index >= 15 is 0 Å². The molecule has 1 atom stereocenters. The number of Topliss-reactive ketones (excluding diaryl/α,β-unsaturated/α-hetero) is 1. The van der Waals surface area contributed by atoms with Gasteiger partial charge < -0.3 is 0 Å². The van der Waals surface area contributed by atoms with Crippen LogP contribution in [0.5, 0.6) is 0 Å². The van der Waals surface area contributed by atoms with E-state index in [9.17, 15) is 4.79 Å². The highest BCUT2D eigenvalue weighted by atomic mass is 79.9. The minimum absolute atomic E-state index is 0.166. The number of alkyl halides is 1. The van der Waals surface area contributed by atoms with Crippen molar-refractivity contribution in [2.45, 2.75) is 24.6 Å². The van der Waals surface area contributed by atoms with E-state index in [0.29, 0.717) is 22.9 Å². The lowest BCUT2D eigenvalue weighted by Crippen LogP contribution is -2.15. The zero-order chi connectivity index (χ0) is 11.4. The number of hydrogen-bond donors (Lipinski definition) is 0. The van der Waals surface area contributed by atoms with Crippen LogP contribution in [0.4, 0.5) is 0 Å². The van der Waals surface area contributed by atoms with E-state index in [2.05, 4.69) is 15.9 Å². The van der Waals surface area contributed by atoms with Gasteiger partial charge in [-0.15, -0.1) is 0 Å². The van der Waals surface area contributed by atoms with Crippen LogP contribution < -0.4 is 0 Å². The molecule has 0 saturated heterocycles. The summed E-state index contributed by atoms with van der Waals surface area (Å²) in [5.74, 6) is 0.181. The minimum atomic E-state index is -0.166. The Bertz CT molecular complexity index is 366. The number of ketones is 1. The molecule has 0 aliphatic carbocycles. The van der Waals surface area contributed by atoms with Gasteiger partial charge in [0.15, 0.2) is 0 Å². The largest absolute Gasteiger partial charge is 0.298 e. The fourth-order valence-electron chi connectivity index (χ4n) is 1.22. The topological polar surface area (TPSA) is 17.1 Å². The highest BCUT2D eigenvalue weighted by Gasteiger charge is 2.14. The van der Waals surface area contributed by atoms with E-state index in [-0.39, 0.29) is 10.6 Å². The predicted molar refractivity (Wildman–Crippen MR) is 68.2 cm³/mol. The molecule has 4 heteroatoms. The van der Waals surface area contributed by atoms with Gasteiger partial charge in [-0.05, 0) is 24.1 Å². The summed E-state index contributed by atoms with van der Waals surface area (Å²) in [4.78, 5) is 11.2. The molecule has 0 N–H and O–H groups in total. The second-order valence-electron chi connectivity index (χ2n) is 3.23. The van der Waals surface area contributed by atoms with Gasteiger partial charge in [0.2, 0.25) is 0 Å². The molecule has 0 aliphatic heterocycles. The van der Waals surface area contributed by atoms with Crippen LogP contribution in [0.3, 0.4) is 0 Å². The molecule has 1 aromatic carbocycles. The van der Waals surface area contributed by atoms with E-state index < -0.39 is 0 Å². The fourth-order valence-corrected chi connectivity index (χ4v) is 2.37. The maximum Gasteiger partial charge on any atom is 0.146 e. The fraction of sp³-hybridized carbons (Fsp3) is 0.364. The predicted octanol–water partition coefficient (Wildman–Crippen LogP) is 4.28. The third kappa shape index (κ3) is 3.78. The van der Waals surface area contributed by atoms with Crippen LogP contribution in [0.15, 0.2) is 18.2 Å². The monoisotopic (exact) mass is 308 g/mol. The number of hydrogen-bond acceptors (Lipinski definition) is 1. The van der Waals surface area contributed by atoms with Crippen molar-refractivity contribution in [3.8, 4) is 0 Å². The molecule has 1 nitrogen and oxygen atoms in total. The zero-order valence-electron chi connectivity index (χ0n) is 8.27. The molecule has 15 heavy (non-hydrogen) atoms. The Labute approximate surface area is 108 Å². The Morgan fingerprint density at radius 2 is 2.13 bits per heavy atom. The van der Waals surface area contributed by atoms with Crippen molar-refractivity contribution in [2.75, 3.05) is 0 Å². The molecule has 0 heterocycles. The molecular formula is C11H11BrCl2O. The first-order valence-corrected chi connectivity index (χ1v) is 6.32. The molecule has 0 bridgehead atoms. The van der Waals surface area contributed by atoms with Crippen molar-refractivity contribution in [1.29, 1.82) is 0 Å². The standard InChI is InChI=1S/C11H11BrCl2O/c1-2-11(15)9(12)5-7-3-4-8(13)6-10(7)14/h3-4,6,9H,2,5H2,1H3. The lowest BCUT2D eigenvalue weighted by Gasteiger charge is -2.09. The van der Waals surface area contributed by atoms with E-state index in [4.69, 9.17) is 23.2 Å². The number of benzene rings is 1. The number of carbonyl (C=O) groups is 1. The summed E-state index contributed by atoms with van der Waals surface area (Å²) in [6, 6.07) is 5.31. The van der Waals surface area contributed by atoms with Crippen molar-refractivity contribution < 1.29 is 4.79 Å². The molecule has 0 saturated carbocycles. The maximum atomic E-state index is 11.4. The van der Waals surface area contributed by atoms with Gasteiger partial charge in [0.1, 0.15) is 5.78 Å². The Hall–Kier alpha value is -0.0500. The van der Waals surface area contributed by atoms with Gasteiger partial charge >= 0.3 is 0 Å². The van der Waals surface area contributed by atoms with E-state index in [0.717, 1.165) is 5.56 Å². The van der Waals surface area contributed by atoms with E-state index in [1.807, 2.05) is 13.0 Å². The molecule has 1 unspecified atom stereocenters.